The average molecular weight is 548 g/mol. The van der Waals surface area contributed by atoms with Crippen molar-refractivity contribution in [1.29, 1.82) is 0 Å². The van der Waals surface area contributed by atoms with Gasteiger partial charge in [0, 0.05) is 50.5 Å². The van der Waals surface area contributed by atoms with E-state index in [2.05, 4.69) is 46.5 Å². The van der Waals surface area contributed by atoms with E-state index in [0.717, 1.165) is 26.6 Å². The van der Waals surface area contributed by atoms with Crippen LogP contribution >= 0.6 is 15.9 Å². The fourth-order valence-corrected chi connectivity index (χ4v) is 6.39. The molecule has 8 N–H and O–H groups in total. The number of aromatic amines is 3. The number of rotatable bonds is 2. The van der Waals surface area contributed by atoms with E-state index in [-0.39, 0.29) is 23.8 Å². The summed E-state index contributed by atoms with van der Waals surface area (Å²) in [4.78, 5) is 40.4. The minimum atomic E-state index is -1.68. The first kappa shape index (κ1) is 21.6. The first-order valence-electron chi connectivity index (χ1n) is 11.6. The van der Waals surface area contributed by atoms with Crippen molar-refractivity contribution < 1.29 is 9.90 Å². The molecule has 4 heterocycles. The van der Waals surface area contributed by atoms with Crippen LogP contribution in [0.25, 0.3) is 33.4 Å². The highest BCUT2D eigenvalue weighted by Gasteiger charge is 2.57. The SMILES string of the molecule is CC1C2=C(NC(N)N2)C2(O)CC1c1c(-c3cnc(-c4c[nH]c5cc(Br)ccc45)c(=O)[nH]3)c[nH]c1C2=O. The summed E-state index contributed by atoms with van der Waals surface area (Å²) in [7, 11) is 0. The molecular formula is C25H22BrN7O3. The number of benzene rings is 1. The van der Waals surface area contributed by atoms with Gasteiger partial charge in [-0.05, 0) is 30.0 Å². The number of nitrogens with two attached hydrogens (primary N) is 1. The standard InChI is InChI=1S/C25H22BrN7O3/c1-9-12-5-25(36,21-18(9)32-24(27)33-21)22(34)20-17(12)14(7-29-20)16-8-30-19(23(35)31-16)13-6-28-15-4-10(26)2-3-11(13)15/h2-4,6-9,12,24,28-29,32-33,36H,5,27H2,1H3,(H,31,35). The van der Waals surface area contributed by atoms with E-state index in [1.165, 1.54) is 0 Å². The van der Waals surface area contributed by atoms with Crippen molar-refractivity contribution >= 4 is 32.6 Å². The third kappa shape index (κ3) is 2.75. The van der Waals surface area contributed by atoms with E-state index in [4.69, 9.17) is 5.73 Å². The zero-order valence-corrected chi connectivity index (χ0v) is 20.7. The Kier molecular flexibility index (Phi) is 4.31. The fraction of sp³-hybridized carbons (Fsp3) is 0.240. The van der Waals surface area contributed by atoms with Crippen molar-refractivity contribution in [2.75, 3.05) is 0 Å². The van der Waals surface area contributed by atoms with Crippen LogP contribution in [0.5, 0.6) is 0 Å². The number of Topliss-reactive ketones (excluding diaryl/α,β-unsaturated/α-hetero) is 1. The van der Waals surface area contributed by atoms with Gasteiger partial charge in [0.2, 0.25) is 5.78 Å². The Morgan fingerprint density at radius 2 is 1.97 bits per heavy atom. The summed E-state index contributed by atoms with van der Waals surface area (Å²) in [5.41, 5.74) is 9.42. The predicted octanol–water partition coefficient (Wildman–Crippen LogP) is 2.37. The van der Waals surface area contributed by atoms with E-state index in [1.54, 1.807) is 18.6 Å². The Balaban J connectivity index is 1.33. The maximum atomic E-state index is 13.5. The minimum absolute atomic E-state index is 0.0350. The smallest absolute Gasteiger partial charge is 0.275 e. The number of hydrogen-bond donors (Lipinski definition) is 7. The van der Waals surface area contributed by atoms with Crippen LogP contribution in [0.4, 0.5) is 0 Å². The average Bonchev–Trinajstić information content (AvgIpc) is 3.57. The first-order valence-corrected chi connectivity index (χ1v) is 12.4. The van der Waals surface area contributed by atoms with Gasteiger partial charge in [-0.2, -0.15) is 0 Å². The molecule has 0 saturated heterocycles. The topological polar surface area (TPSA) is 165 Å². The molecule has 2 bridgehead atoms. The molecule has 4 aromatic rings. The molecule has 1 aliphatic heterocycles. The van der Waals surface area contributed by atoms with Gasteiger partial charge >= 0.3 is 0 Å². The van der Waals surface area contributed by atoms with Crippen molar-refractivity contribution in [3.8, 4) is 22.5 Å². The normalized spacial score (nSPS) is 26.6. The third-order valence-electron chi connectivity index (χ3n) is 7.74. The monoisotopic (exact) mass is 547 g/mol. The highest BCUT2D eigenvalue weighted by Crippen LogP contribution is 2.53. The number of allylic oxidation sites excluding steroid dienone is 1. The molecule has 0 radical (unpaired) electrons. The van der Waals surface area contributed by atoms with Crippen molar-refractivity contribution in [3.05, 3.63) is 74.3 Å². The molecule has 36 heavy (non-hydrogen) atoms. The lowest BCUT2D eigenvalue weighted by Gasteiger charge is -2.43. The molecule has 7 rings (SSSR count). The van der Waals surface area contributed by atoms with Crippen LogP contribution in [0.2, 0.25) is 0 Å². The summed E-state index contributed by atoms with van der Waals surface area (Å²) in [5, 5.41) is 18.5. The van der Waals surface area contributed by atoms with E-state index < -0.39 is 17.7 Å². The van der Waals surface area contributed by atoms with Gasteiger partial charge in [0.25, 0.3) is 5.56 Å². The molecule has 11 heteroatoms. The largest absolute Gasteiger partial charge is 0.375 e. The summed E-state index contributed by atoms with van der Waals surface area (Å²) >= 11 is 3.46. The van der Waals surface area contributed by atoms with Gasteiger partial charge in [0.15, 0.2) is 5.60 Å². The Morgan fingerprint density at radius 1 is 1.17 bits per heavy atom. The molecule has 0 spiro atoms. The number of nitrogens with one attached hydrogen (secondary N) is 5. The molecular weight excluding hydrogens is 526 g/mol. The second kappa shape index (κ2) is 7.19. The number of carbonyl (C=O) groups excluding carboxylic acids is 1. The van der Waals surface area contributed by atoms with Crippen molar-refractivity contribution in [2.45, 2.75) is 31.2 Å². The zero-order chi connectivity index (χ0) is 24.9. The Bertz CT molecular complexity index is 1700. The quantitative estimate of drug-likeness (QED) is 0.202. The molecule has 1 aromatic carbocycles. The lowest BCUT2D eigenvalue weighted by Crippen LogP contribution is -2.53. The molecule has 3 aromatic heterocycles. The summed E-state index contributed by atoms with van der Waals surface area (Å²) in [6.45, 7) is 2.04. The van der Waals surface area contributed by atoms with E-state index in [9.17, 15) is 14.7 Å². The maximum absolute atomic E-state index is 13.5. The van der Waals surface area contributed by atoms with Gasteiger partial charge in [-0.3, -0.25) is 15.3 Å². The fourth-order valence-electron chi connectivity index (χ4n) is 6.03. The number of aromatic nitrogens is 4. The van der Waals surface area contributed by atoms with Gasteiger partial charge in [-0.15, -0.1) is 0 Å². The second-order valence-electron chi connectivity index (χ2n) is 9.70. The molecule has 0 fully saturated rings. The zero-order valence-electron chi connectivity index (χ0n) is 19.1. The van der Waals surface area contributed by atoms with Crippen LogP contribution in [0, 0.1) is 5.92 Å². The number of nitrogens with zero attached hydrogens (tertiary/aromatic N) is 1. The molecule has 0 saturated carbocycles. The number of halogens is 1. The van der Waals surface area contributed by atoms with Crippen LogP contribution in [0.3, 0.4) is 0 Å². The summed E-state index contributed by atoms with van der Waals surface area (Å²) in [6.07, 6.45) is 4.75. The summed E-state index contributed by atoms with van der Waals surface area (Å²) in [6, 6.07) is 5.79. The molecule has 0 amide bonds. The van der Waals surface area contributed by atoms with Gasteiger partial charge in [0.1, 0.15) is 12.0 Å². The van der Waals surface area contributed by atoms with Crippen molar-refractivity contribution in [3.63, 3.8) is 0 Å². The third-order valence-corrected chi connectivity index (χ3v) is 8.23. The van der Waals surface area contributed by atoms with E-state index in [0.29, 0.717) is 33.9 Å². The van der Waals surface area contributed by atoms with E-state index >= 15 is 0 Å². The molecule has 4 atom stereocenters. The van der Waals surface area contributed by atoms with Gasteiger partial charge in [-0.25, -0.2) is 4.98 Å². The number of carbonyl (C=O) groups is 1. The lowest BCUT2D eigenvalue weighted by atomic mass is 9.64. The predicted molar refractivity (Wildman–Crippen MR) is 137 cm³/mol. The van der Waals surface area contributed by atoms with Gasteiger partial charge < -0.3 is 30.7 Å². The highest BCUT2D eigenvalue weighted by atomic mass is 79.9. The lowest BCUT2D eigenvalue weighted by molar-refractivity contribution is 0.0275. The number of aliphatic hydroxyl groups is 1. The van der Waals surface area contributed by atoms with Crippen LogP contribution in [-0.4, -0.2) is 42.7 Å². The summed E-state index contributed by atoms with van der Waals surface area (Å²) in [5.74, 6) is -0.621. The highest BCUT2D eigenvalue weighted by molar-refractivity contribution is 9.10. The molecule has 3 aliphatic rings. The van der Waals surface area contributed by atoms with Crippen molar-refractivity contribution in [1.82, 2.24) is 30.6 Å². The molecule has 10 nitrogen and oxygen atoms in total. The number of H-pyrrole nitrogens is 3. The maximum Gasteiger partial charge on any atom is 0.275 e. The minimum Gasteiger partial charge on any atom is -0.375 e. The van der Waals surface area contributed by atoms with Crippen LogP contribution in [0.15, 0.2) is 57.5 Å². The van der Waals surface area contributed by atoms with Gasteiger partial charge in [-0.1, -0.05) is 28.9 Å². The van der Waals surface area contributed by atoms with Crippen LogP contribution in [0.1, 0.15) is 35.3 Å². The molecule has 4 unspecified atom stereocenters. The second-order valence-corrected chi connectivity index (χ2v) is 10.6. The molecule has 2 aliphatic carbocycles. The van der Waals surface area contributed by atoms with Crippen LogP contribution < -0.4 is 21.9 Å². The molecule has 182 valence electrons. The Morgan fingerprint density at radius 3 is 2.78 bits per heavy atom. The van der Waals surface area contributed by atoms with Gasteiger partial charge in [0.05, 0.1) is 23.3 Å². The summed E-state index contributed by atoms with van der Waals surface area (Å²) < 4.78 is 0.935. The Labute approximate surface area is 212 Å². The number of hydrogen-bond acceptors (Lipinski definition) is 7. The number of fused-ring (bicyclic) bond motifs is 6. The number of ketones is 1. The van der Waals surface area contributed by atoms with E-state index in [1.807, 2.05) is 25.1 Å². The first-order chi connectivity index (χ1) is 17.3. The van der Waals surface area contributed by atoms with Crippen molar-refractivity contribution in [2.24, 2.45) is 11.7 Å². The van der Waals surface area contributed by atoms with Crippen LogP contribution in [-0.2, 0) is 0 Å². The Hall–Kier alpha value is -3.67.